The average Bonchev–Trinajstić information content (AvgIpc) is 2.39. The van der Waals surface area contributed by atoms with E-state index in [4.69, 9.17) is 5.73 Å². The molecule has 1 heterocycles. The lowest BCUT2D eigenvalue weighted by Crippen LogP contribution is -2.44. The van der Waals surface area contributed by atoms with Crippen molar-refractivity contribution in [3.63, 3.8) is 0 Å². The highest BCUT2D eigenvalue weighted by molar-refractivity contribution is 5.36. The van der Waals surface area contributed by atoms with E-state index in [2.05, 4.69) is 4.98 Å². The molecule has 0 aliphatic heterocycles. The summed E-state index contributed by atoms with van der Waals surface area (Å²) >= 11 is 0. The fraction of sp³-hybridized carbons (Fsp3) is 0.214. The third kappa shape index (κ3) is 2.47. The standard InChI is InChI=1S/C14H14F2N2O/c1-9(17)14(19,10-2-5-12(15)6-3-10)11-4-7-13(16)18-8-11/h2-9,19H,17H2,1H3/t9-,14?/m0/s1. The molecular weight excluding hydrogens is 250 g/mol. The molecule has 2 atom stereocenters. The third-order valence-corrected chi connectivity index (χ3v) is 3.11. The van der Waals surface area contributed by atoms with Crippen molar-refractivity contribution in [2.75, 3.05) is 0 Å². The molecule has 1 aromatic heterocycles. The molecule has 19 heavy (non-hydrogen) atoms. The molecule has 100 valence electrons. The van der Waals surface area contributed by atoms with Gasteiger partial charge in [0.15, 0.2) is 0 Å². The van der Waals surface area contributed by atoms with Crippen LogP contribution in [0.2, 0.25) is 0 Å². The number of rotatable bonds is 3. The van der Waals surface area contributed by atoms with Gasteiger partial charge in [-0.05, 0) is 36.8 Å². The lowest BCUT2D eigenvalue weighted by Gasteiger charge is -2.32. The first kappa shape index (κ1) is 13.6. The minimum absolute atomic E-state index is 0.357. The number of nitrogens with zero attached hydrogens (tertiary/aromatic N) is 1. The normalized spacial score (nSPS) is 15.8. The number of aliphatic hydroxyl groups is 1. The highest BCUT2D eigenvalue weighted by atomic mass is 19.1. The maximum absolute atomic E-state index is 13.0. The molecule has 3 N–H and O–H groups in total. The smallest absolute Gasteiger partial charge is 0.212 e. The van der Waals surface area contributed by atoms with E-state index in [0.29, 0.717) is 11.1 Å². The van der Waals surface area contributed by atoms with Gasteiger partial charge in [-0.3, -0.25) is 0 Å². The Bertz CT molecular complexity index is 507. The quantitative estimate of drug-likeness (QED) is 0.833. The minimum Gasteiger partial charge on any atom is -0.379 e. The summed E-state index contributed by atoms with van der Waals surface area (Å²) < 4.78 is 25.8. The number of pyridine rings is 1. The van der Waals surface area contributed by atoms with Crippen molar-refractivity contribution in [2.45, 2.75) is 18.6 Å². The van der Waals surface area contributed by atoms with Crippen molar-refractivity contribution in [1.29, 1.82) is 0 Å². The molecule has 0 aliphatic rings. The Kier molecular flexibility index (Phi) is 3.59. The average molecular weight is 264 g/mol. The highest BCUT2D eigenvalue weighted by Gasteiger charge is 2.36. The van der Waals surface area contributed by atoms with E-state index in [9.17, 15) is 13.9 Å². The first-order valence-electron chi connectivity index (χ1n) is 5.80. The van der Waals surface area contributed by atoms with E-state index in [1.807, 2.05) is 0 Å². The molecule has 5 heteroatoms. The maximum Gasteiger partial charge on any atom is 0.212 e. The van der Waals surface area contributed by atoms with Gasteiger partial charge in [0.2, 0.25) is 5.95 Å². The Labute approximate surface area is 109 Å². The van der Waals surface area contributed by atoms with Crippen LogP contribution < -0.4 is 5.73 Å². The van der Waals surface area contributed by atoms with Crippen molar-refractivity contribution in [3.05, 3.63) is 65.5 Å². The topological polar surface area (TPSA) is 59.1 Å². The van der Waals surface area contributed by atoms with Crippen LogP contribution in [0.1, 0.15) is 18.1 Å². The Morgan fingerprint density at radius 1 is 1.11 bits per heavy atom. The summed E-state index contributed by atoms with van der Waals surface area (Å²) in [4.78, 5) is 3.51. The van der Waals surface area contributed by atoms with Gasteiger partial charge in [0, 0.05) is 17.8 Å². The number of benzene rings is 1. The van der Waals surface area contributed by atoms with Crippen LogP contribution in [0.4, 0.5) is 8.78 Å². The highest BCUT2D eigenvalue weighted by Crippen LogP contribution is 2.31. The van der Waals surface area contributed by atoms with Crippen molar-refractivity contribution in [1.82, 2.24) is 4.98 Å². The first-order valence-corrected chi connectivity index (χ1v) is 5.80. The van der Waals surface area contributed by atoms with Crippen molar-refractivity contribution < 1.29 is 13.9 Å². The summed E-state index contributed by atoms with van der Waals surface area (Å²) in [5, 5.41) is 10.8. The maximum atomic E-state index is 13.0. The molecule has 2 aromatic rings. The molecule has 0 amide bonds. The second-order valence-electron chi connectivity index (χ2n) is 4.43. The summed E-state index contributed by atoms with van der Waals surface area (Å²) in [5.41, 5.74) is 5.08. The van der Waals surface area contributed by atoms with Gasteiger partial charge in [0.1, 0.15) is 11.4 Å². The molecule has 0 saturated carbocycles. The molecule has 1 unspecified atom stereocenters. The summed E-state index contributed by atoms with van der Waals surface area (Å²) in [6.07, 6.45) is 1.22. The molecule has 2 rings (SSSR count). The van der Waals surface area contributed by atoms with Crippen molar-refractivity contribution in [3.8, 4) is 0 Å². The van der Waals surface area contributed by atoms with Gasteiger partial charge in [-0.2, -0.15) is 4.39 Å². The van der Waals surface area contributed by atoms with E-state index < -0.39 is 23.4 Å². The molecule has 0 saturated heterocycles. The molecule has 0 spiro atoms. The number of halogens is 2. The van der Waals surface area contributed by atoms with Crippen LogP contribution in [-0.4, -0.2) is 16.1 Å². The lowest BCUT2D eigenvalue weighted by molar-refractivity contribution is 0.0573. The fourth-order valence-electron chi connectivity index (χ4n) is 2.00. The number of aromatic nitrogens is 1. The van der Waals surface area contributed by atoms with Crippen LogP contribution >= 0.6 is 0 Å². The number of nitrogens with two attached hydrogens (primary N) is 1. The van der Waals surface area contributed by atoms with Gasteiger partial charge in [0.25, 0.3) is 0 Å². The zero-order valence-electron chi connectivity index (χ0n) is 10.3. The summed E-state index contributed by atoms with van der Waals surface area (Å²) in [6, 6.07) is 7.25. The Morgan fingerprint density at radius 2 is 1.68 bits per heavy atom. The Morgan fingerprint density at radius 3 is 2.16 bits per heavy atom. The Hall–Kier alpha value is -1.85. The van der Waals surface area contributed by atoms with Crippen molar-refractivity contribution in [2.24, 2.45) is 5.73 Å². The zero-order chi connectivity index (χ0) is 14.0. The van der Waals surface area contributed by atoms with E-state index in [-0.39, 0.29) is 0 Å². The van der Waals surface area contributed by atoms with Crippen LogP contribution in [-0.2, 0) is 5.60 Å². The van der Waals surface area contributed by atoms with Gasteiger partial charge >= 0.3 is 0 Å². The van der Waals surface area contributed by atoms with Gasteiger partial charge in [-0.25, -0.2) is 9.37 Å². The second kappa shape index (κ2) is 5.03. The van der Waals surface area contributed by atoms with Crippen LogP contribution in [0.5, 0.6) is 0 Å². The second-order valence-corrected chi connectivity index (χ2v) is 4.43. The van der Waals surface area contributed by atoms with Crippen molar-refractivity contribution >= 4 is 0 Å². The lowest BCUT2D eigenvalue weighted by atomic mass is 9.82. The fourth-order valence-corrected chi connectivity index (χ4v) is 2.00. The predicted octanol–water partition coefficient (Wildman–Crippen LogP) is 1.94. The van der Waals surface area contributed by atoms with Gasteiger partial charge in [-0.15, -0.1) is 0 Å². The monoisotopic (exact) mass is 264 g/mol. The number of hydrogen-bond donors (Lipinski definition) is 2. The molecule has 0 fully saturated rings. The molecule has 3 nitrogen and oxygen atoms in total. The number of hydrogen-bond acceptors (Lipinski definition) is 3. The third-order valence-electron chi connectivity index (χ3n) is 3.11. The van der Waals surface area contributed by atoms with E-state index in [0.717, 1.165) is 6.07 Å². The Balaban J connectivity index is 2.54. The van der Waals surface area contributed by atoms with Gasteiger partial charge in [0.05, 0.1) is 0 Å². The van der Waals surface area contributed by atoms with Crippen LogP contribution in [0.25, 0.3) is 0 Å². The molecule has 1 aromatic carbocycles. The summed E-state index contributed by atoms with van der Waals surface area (Å²) in [7, 11) is 0. The van der Waals surface area contributed by atoms with E-state index in [1.54, 1.807) is 6.92 Å². The molecule has 0 bridgehead atoms. The summed E-state index contributed by atoms with van der Waals surface area (Å²) in [6.45, 7) is 1.62. The van der Waals surface area contributed by atoms with Crippen LogP contribution in [0.3, 0.4) is 0 Å². The molecule has 0 aliphatic carbocycles. The van der Waals surface area contributed by atoms with Crippen LogP contribution in [0, 0.1) is 11.8 Å². The van der Waals surface area contributed by atoms with E-state index in [1.165, 1.54) is 36.5 Å². The molecular formula is C14H14F2N2O. The predicted molar refractivity (Wildman–Crippen MR) is 67.2 cm³/mol. The first-order chi connectivity index (χ1) is 8.94. The zero-order valence-corrected chi connectivity index (χ0v) is 10.3. The van der Waals surface area contributed by atoms with Gasteiger partial charge < -0.3 is 10.8 Å². The van der Waals surface area contributed by atoms with Gasteiger partial charge in [-0.1, -0.05) is 12.1 Å². The molecule has 0 radical (unpaired) electrons. The van der Waals surface area contributed by atoms with Crippen LogP contribution in [0.15, 0.2) is 42.6 Å². The largest absolute Gasteiger partial charge is 0.379 e. The summed E-state index contributed by atoms with van der Waals surface area (Å²) in [5.74, 6) is -1.05. The van der Waals surface area contributed by atoms with E-state index >= 15 is 0 Å². The SMILES string of the molecule is C[C@H](N)C(O)(c1ccc(F)cc1)c1ccc(F)nc1. The minimum atomic E-state index is -1.55.